The largest absolute Gasteiger partial charge is 0.346 e. The molecule has 0 aliphatic rings. The van der Waals surface area contributed by atoms with Gasteiger partial charge in [0.15, 0.2) is 0 Å². The molecule has 0 heterocycles. The van der Waals surface area contributed by atoms with Crippen molar-refractivity contribution in [3.63, 3.8) is 0 Å². The van der Waals surface area contributed by atoms with E-state index >= 15 is 0 Å². The summed E-state index contributed by atoms with van der Waals surface area (Å²) in [5, 5.41) is 2.44. The van der Waals surface area contributed by atoms with Gasteiger partial charge in [-0.3, -0.25) is 4.79 Å². The van der Waals surface area contributed by atoms with Crippen molar-refractivity contribution >= 4 is 12.2 Å². The van der Waals surface area contributed by atoms with Crippen LogP contribution in [-0.2, 0) is 9.59 Å². The highest BCUT2D eigenvalue weighted by Crippen LogP contribution is 2.06. The molecule has 3 nitrogen and oxygen atoms in total. The van der Waals surface area contributed by atoms with Crippen LogP contribution in [0.5, 0.6) is 0 Å². The zero-order chi connectivity index (χ0) is 13.5. The molecule has 0 fully saturated rings. The Morgan fingerprint density at radius 1 is 1.06 bits per heavy atom. The first-order chi connectivity index (χ1) is 8.81. The Labute approximate surface area is 110 Å². The quantitative estimate of drug-likeness (QED) is 0.265. The lowest BCUT2D eigenvalue weighted by atomic mass is 10.1. The second kappa shape index (κ2) is 13.7. The molecule has 0 rings (SSSR count). The number of carbonyl (C=O) groups excluding carboxylic acids is 2. The molecule has 0 aromatic heterocycles. The van der Waals surface area contributed by atoms with Crippen LogP contribution in [0, 0.1) is 0 Å². The zero-order valence-electron chi connectivity index (χ0n) is 11.4. The van der Waals surface area contributed by atoms with Crippen molar-refractivity contribution in [2.45, 2.75) is 51.9 Å². The van der Waals surface area contributed by atoms with Gasteiger partial charge in [0.1, 0.15) is 6.29 Å². The molecule has 0 radical (unpaired) electrons. The van der Waals surface area contributed by atoms with E-state index in [1.165, 1.54) is 44.6 Å². The molecule has 0 bridgehead atoms. The average Bonchev–Trinajstić information content (AvgIpc) is 2.38. The maximum Gasteiger partial charge on any atom is 0.244 e. The Kier molecular flexibility index (Phi) is 12.6. The van der Waals surface area contributed by atoms with E-state index < -0.39 is 0 Å². The first kappa shape index (κ1) is 16.6. The highest BCUT2D eigenvalue weighted by Gasteiger charge is 1.90. The van der Waals surface area contributed by atoms with Crippen LogP contribution in [0.3, 0.4) is 0 Å². The van der Waals surface area contributed by atoms with Gasteiger partial charge in [0.05, 0.1) is 6.54 Å². The summed E-state index contributed by atoms with van der Waals surface area (Å²) >= 11 is 0. The second-order valence-electron chi connectivity index (χ2n) is 4.26. The van der Waals surface area contributed by atoms with Crippen molar-refractivity contribution in [2.75, 3.05) is 6.54 Å². The van der Waals surface area contributed by atoms with E-state index in [-0.39, 0.29) is 12.5 Å². The number of hydrogen-bond acceptors (Lipinski definition) is 2. The normalized spacial score (nSPS) is 11.2. The van der Waals surface area contributed by atoms with E-state index in [9.17, 15) is 9.59 Å². The Hall–Kier alpha value is -1.38. The summed E-state index contributed by atoms with van der Waals surface area (Å²) in [4.78, 5) is 21.0. The van der Waals surface area contributed by atoms with E-state index in [4.69, 9.17) is 0 Å². The van der Waals surface area contributed by atoms with Crippen LogP contribution in [0.1, 0.15) is 51.9 Å². The lowest BCUT2D eigenvalue weighted by Gasteiger charge is -1.97. The van der Waals surface area contributed by atoms with Gasteiger partial charge >= 0.3 is 0 Å². The van der Waals surface area contributed by atoms with E-state index in [1.807, 2.05) is 6.08 Å². The Balaban J connectivity index is 3.39. The second-order valence-corrected chi connectivity index (χ2v) is 4.26. The molecule has 0 aromatic rings. The molecule has 102 valence electrons. The highest BCUT2D eigenvalue weighted by atomic mass is 16.2. The van der Waals surface area contributed by atoms with Crippen molar-refractivity contribution in [2.24, 2.45) is 0 Å². The maximum absolute atomic E-state index is 11.0. The van der Waals surface area contributed by atoms with Gasteiger partial charge in [-0.25, -0.2) is 0 Å². The molecular formula is C15H25NO2. The SMILES string of the molecule is CCCCCCCC/C=C/C=C/C(=O)NCC=O. The van der Waals surface area contributed by atoms with Gasteiger partial charge in [-0.15, -0.1) is 0 Å². The van der Waals surface area contributed by atoms with Gasteiger partial charge in [0.25, 0.3) is 0 Å². The number of amides is 1. The molecule has 1 amide bonds. The van der Waals surface area contributed by atoms with Crippen LogP contribution < -0.4 is 5.32 Å². The van der Waals surface area contributed by atoms with Crippen LogP contribution in [0.2, 0.25) is 0 Å². The van der Waals surface area contributed by atoms with Crippen molar-refractivity contribution in [1.82, 2.24) is 5.32 Å². The predicted octanol–water partition coefficient (Wildman–Crippen LogP) is 3.16. The molecule has 18 heavy (non-hydrogen) atoms. The summed E-state index contributed by atoms with van der Waals surface area (Å²) in [6.07, 6.45) is 16.6. The molecule has 0 saturated carbocycles. The molecule has 0 atom stereocenters. The Morgan fingerprint density at radius 2 is 1.78 bits per heavy atom. The van der Waals surface area contributed by atoms with Gasteiger partial charge < -0.3 is 10.1 Å². The minimum absolute atomic E-state index is 0.0741. The Morgan fingerprint density at radius 3 is 2.50 bits per heavy atom. The topological polar surface area (TPSA) is 46.2 Å². The van der Waals surface area contributed by atoms with Crippen LogP contribution in [0.25, 0.3) is 0 Å². The highest BCUT2D eigenvalue weighted by molar-refractivity contribution is 5.88. The third-order valence-corrected chi connectivity index (χ3v) is 2.58. The number of unbranched alkanes of at least 4 members (excludes halogenated alkanes) is 6. The number of nitrogens with one attached hydrogen (secondary N) is 1. The number of aldehydes is 1. The zero-order valence-corrected chi connectivity index (χ0v) is 11.4. The monoisotopic (exact) mass is 251 g/mol. The number of hydrogen-bond donors (Lipinski definition) is 1. The lowest BCUT2D eigenvalue weighted by molar-refractivity contribution is -0.118. The number of rotatable bonds is 11. The minimum atomic E-state index is -0.230. The van der Waals surface area contributed by atoms with E-state index in [1.54, 1.807) is 6.08 Å². The van der Waals surface area contributed by atoms with E-state index in [0.717, 1.165) is 6.42 Å². The summed E-state index contributed by atoms with van der Waals surface area (Å²) in [5.41, 5.74) is 0. The van der Waals surface area contributed by atoms with Gasteiger partial charge in [-0.05, 0) is 12.8 Å². The third kappa shape index (κ3) is 12.7. The first-order valence-corrected chi connectivity index (χ1v) is 6.86. The number of allylic oxidation sites excluding steroid dienone is 3. The third-order valence-electron chi connectivity index (χ3n) is 2.58. The van der Waals surface area contributed by atoms with Crippen molar-refractivity contribution in [3.05, 3.63) is 24.3 Å². The predicted molar refractivity (Wildman–Crippen MR) is 75.3 cm³/mol. The van der Waals surface area contributed by atoms with E-state index in [0.29, 0.717) is 6.29 Å². The van der Waals surface area contributed by atoms with Crippen LogP contribution in [-0.4, -0.2) is 18.7 Å². The first-order valence-electron chi connectivity index (χ1n) is 6.86. The standard InChI is InChI=1S/C15H25NO2/c1-2-3-4-5-6-7-8-9-10-11-12-15(18)16-13-14-17/h9-12,14H,2-8,13H2,1H3,(H,16,18)/b10-9+,12-11+. The fourth-order valence-electron chi connectivity index (χ4n) is 1.56. The summed E-state index contributed by atoms with van der Waals surface area (Å²) in [6, 6.07) is 0. The molecule has 0 aliphatic heterocycles. The van der Waals surface area contributed by atoms with Crippen LogP contribution >= 0.6 is 0 Å². The number of carbonyl (C=O) groups is 2. The average molecular weight is 251 g/mol. The van der Waals surface area contributed by atoms with Crippen LogP contribution in [0.15, 0.2) is 24.3 Å². The van der Waals surface area contributed by atoms with Gasteiger partial charge in [-0.2, -0.15) is 0 Å². The van der Waals surface area contributed by atoms with Gasteiger partial charge in [0, 0.05) is 6.08 Å². The molecule has 0 aliphatic carbocycles. The molecular weight excluding hydrogens is 226 g/mol. The van der Waals surface area contributed by atoms with E-state index in [2.05, 4.69) is 18.3 Å². The molecule has 0 aromatic carbocycles. The van der Waals surface area contributed by atoms with Crippen LogP contribution in [0.4, 0.5) is 0 Å². The summed E-state index contributed by atoms with van der Waals surface area (Å²) in [5.74, 6) is -0.230. The minimum Gasteiger partial charge on any atom is -0.346 e. The fraction of sp³-hybridized carbons (Fsp3) is 0.600. The molecule has 0 saturated heterocycles. The Bertz CT molecular complexity index is 270. The molecule has 0 spiro atoms. The summed E-state index contributed by atoms with van der Waals surface area (Å²) in [6.45, 7) is 2.30. The van der Waals surface area contributed by atoms with Crippen molar-refractivity contribution in [1.29, 1.82) is 0 Å². The summed E-state index contributed by atoms with van der Waals surface area (Å²) in [7, 11) is 0. The smallest absolute Gasteiger partial charge is 0.244 e. The maximum atomic E-state index is 11.0. The van der Waals surface area contributed by atoms with Crippen molar-refractivity contribution in [3.8, 4) is 0 Å². The van der Waals surface area contributed by atoms with Crippen molar-refractivity contribution < 1.29 is 9.59 Å². The molecule has 1 N–H and O–H groups in total. The fourth-order valence-corrected chi connectivity index (χ4v) is 1.56. The van der Waals surface area contributed by atoms with Gasteiger partial charge in [0.2, 0.25) is 5.91 Å². The lowest BCUT2D eigenvalue weighted by Crippen LogP contribution is -2.22. The van der Waals surface area contributed by atoms with Gasteiger partial charge in [-0.1, -0.05) is 57.3 Å². The molecule has 0 unspecified atom stereocenters. The summed E-state index contributed by atoms with van der Waals surface area (Å²) < 4.78 is 0. The molecule has 3 heteroatoms.